The summed E-state index contributed by atoms with van der Waals surface area (Å²) in [5.41, 5.74) is 20.8. The average Bonchev–Trinajstić information content (AvgIpc) is 4.13. The average molecular weight is 991 g/mol. The van der Waals surface area contributed by atoms with E-state index < -0.39 is 13.5 Å². The lowest BCUT2D eigenvalue weighted by atomic mass is 9.67. The van der Waals surface area contributed by atoms with Crippen molar-refractivity contribution in [2.45, 2.75) is 38.8 Å². The van der Waals surface area contributed by atoms with E-state index in [1.54, 1.807) is 0 Å². The Kier molecular flexibility index (Phi) is 10.8. The molecule has 364 valence electrons. The summed E-state index contributed by atoms with van der Waals surface area (Å²) in [6.45, 7) is 9.58. The summed E-state index contributed by atoms with van der Waals surface area (Å²) in [6, 6.07) is 98.4. The SMILES string of the molecule is CC(C)Cc1ccc(C2(c3cccc(-c4ccc([Si](C)(C)c5ccc(-c6cc(-n7c8ccccc8c8ccccc87)cc(-n7c8ccccc8c8ccccc87)c6)cc5)cc4)c3)c3ccccc3-c3ccccc32)cc1. The zero-order valence-electron chi connectivity index (χ0n) is 43.5. The summed E-state index contributed by atoms with van der Waals surface area (Å²) < 4.78 is 4.90. The Morgan fingerprint density at radius 1 is 0.355 bits per heavy atom. The van der Waals surface area contributed by atoms with Crippen LogP contribution in [0.1, 0.15) is 41.7 Å². The van der Waals surface area contributed by atoms with Gasteiger partial charge in [0, 0.05) is 32.9 Å². The van der Waals surface area contributed by atoms with E-state index in [0.29, 0.717) is 5.92 Å². The summed E-state index contributed by atoms with van der Waals surface area (Å²) in [5.74, 6) is 0.603. The fraction of sp³-hybridized carbons (Fsp3) is 0.0959. The summed E-state index contributed by atoms with van der Waals surface area (Å²) >= 11 is 0. The fourth-order valence-corrected chi connectivity index (χ4v) is 15.4. The number of para-hydroxylation sites is 4. The molecule has 0 saturated heterocycles. The molecule has 1 aliphatic carbocycles. The second kappa shape index (κ2) is 18.0. The van der Waals surface area contributed by atoms with Crippen molar-refractivity contribution in [3.63, 3.8) is 0 Å². The molecule has 2 heterocycles. The van der Waals surface area contributed by atoms with Crippen LogP contribution in [0.15, 0.2) is 261 Å². The minimum absolute atomic E-state index is 0.445. The van der Waals surface area contributed by atoms with E-state index in [2.05, 4.69) is 297 Å². The molecule has 0 spiro atoms. The standard InChI is InChI=1S/C73H58N2Si/c1-49(2)44-50-32-38-55(39-33-50)73(67-26-11-5-20-61(67)62-21-6-12-27-68(62)73)56-19-17-18-53(45-56)51-34-40-59(41-35-51)76(3,4)60-42-36-52(37-43-60)54-46-57(74-69-28-13-7-22-63(69)64-23-8-14-29-70(64)74)48-58(47-54)75-71-30-15-9-24-65(71)66-25-10-16-31-72(66)75/h5-43,45-49H,44H2,1-4H3. The maximum absolute atomic E-state index is 2.49. The van der Waals surface area contributed by atoms with Gasteiger partial charge in [-0.05, 0) is 122 Å². The van der Waals surface area contributed by atoms with E-state index >= 15 is 0 Å². The second-order valence-electron chi connectivity index (χ2n) is 22.0. The first-order chi connectivity index (χ1) is 37.3. The highest BCUT2D eigenvalue weighted by Crippen LogP contribution is 2.56. The van der Waals surface area contributed by atoms with Crippen LogP contribution in [0.5, 0.6) is 0 Å². The van der Waals surface area contributed by atoms with Crippen LogP contribution in [-0.2, 0) is 11.8 Å². The van der Waals surface area contributed by atoms with Crippen molar-refractivity contribution in [3.05, 3.63) is 289 Å². The fourth-order valence-electron chi connectivity index (χ4n) is 13.1. The van der Waals surface area contributed by atoms with Gasteiger partial charge in [0.2, 0.25) is 0 Å². The predicted molar refractivity (Wildman–Crippen MR) is 325 cm³/mol. The van der Waals surface area contributed by atoms with Gasteiger partial charge in [-0.1, -0.05) is 250 Å². The lowest BCUT2D eigenvalue weighted by Crippen LogP contribution is -2.52. The maximum Gasteiger partial charge on any atom is 0.112 e. The minimum Gasteiger partial charge on any atom is -0.309 e. The largest absolute Gasteiger partial charge is 0.309 e. The molecule has 76 heavy (non-hydrogen) atoms. The van der Waals surface area contributed by atoms with E-state index in [-0.39, 0.29) is 0 Å². The lowest BCUT2D eigenvalue weighted by Gasteiger charge is -2.34. The Balaban J connectivity index is 0.831. The van der Waals surface area contributed by atoms with Crippen molar-refractivity contribution < 1.29 is 0 Å². The number of rotatable bonds is 10. The minimum atomic E-state index is -2.13. The molecule has 0 atom stereocenters. The van der Waals surface area contributed by atoms with Gasteiger partial charge in [-0.15, -0.1) is 0 Å². The van der Waals surface area contributed by atoms with Crippen LogP contribution in [0, 0.1) is 5.92 Å². The van der Waals surface area contributed by atoms with Crippen molar-refractivity contribution in [3.8, 4) is 44.8 Å². The highest BCUT2D eigenvalue weighted by atomic mass is 28.3. The normalized spacial score (nSPS) is 13.0. The summed E-state index contributed by atoms with van der Waals surface area (Å²) in [4.78, 5) is 0. The third-order valence-electron chi connectivity index (χ3n) is 16.7. The molecule has 14 rings (SSSR count). The van der Waals surface area contributed by atoms with Gasteiger partial charge in [0.25, 0.3) is 0 Å². The second-order valence-corrected chi connectivity index (χ2v) is 26.4. The monoisotopic (exact) mass is 990 g/mol. The first kappa shape index (κ1) is 45.8. The van der Waals surface area contributed by atoms with E-state index in [1.807, 2.05) is 0 Å². The van der Waals surface area contributed by atoms with Crippen molar-refractivity contribution in [1.82, 2.24) is 9.13 Å². The Bertz CT molecular complexity index is 4070. The van der Waals surface area contributed by atoms with Gasteiger partial charge in [0.15, 0.2) is 0 Å². The molecule has 0 amide bonds. The van der Waals surface area contributed by atoms with Crippen molar-refractivity contribution in [2.24, 2.45) is 5.92 Å². The Hall–Kier alpha value is -8.76. The molecule has 0 saturated carbocycles. The molecule has 0 radical (unpaired) electrons. The van der Waals surface area contributed by atoms with Crippen LogP contribution in [0.25, 0.3) is 88.4 Å². The molecule has 0 N–H and O–H groups in total. The van der Waals surface area contributed by atoms with Gasteiger partial charge in [-0.2, -0.15) is 0 Å². The van der Waals surface area contributed by atoms with Gasteiger partial charge >= 0.3 is 0 Å². The van der Waals surface area contributed by atoms with E-state index in [9.17, 15) is 0 Å². The molecule has 1 aliphatic rings. The smallest absolute Gasteiger partial charge is 0.112 e. The van der Waals surface area contributed by atoms with Gasteiger partial charge in [-0.25, -0.2) is 0 Å². The molecule has 3 heteroatoms. The number of fused-ring (bicyclic) bond motifs is 9. The number of hydrogen-bond acceptors (Lipinski definition) is 0. The third-order valence-corrected chi connectivity index (χ3v) is 20.3. The van der Waals surface area contributed by atoms with Crippen LogP contribution in [0.4, 0.5) is 0 Å². The van der Waals surface area contributed by atoms with Crippen molar-refractivity contribution in [1.29, 1.82) is 0 Å². The Morgan fingerprint density at radius 2 is 0.776 bits per heavy atom. The first-order valence-electron chi connectivity index (χ1n) is 27.0. The summed E-state index contributed by atoms with van der Waals surface area (Å²) in [5, 5.41) is 7.86. The van der Waals surface area contributed by atoms with Crippen LogP contribution >= 0.6 is 0 Å². The van der Waals surface area contributed by atoms with Gasteiger partial charge in [-0.3, -0.25) is 0 Å². The summed E-state index contributed by atoms with van der Waals surface area (Å²) in [6.07, 6.45) is 1.07. The molecule has 0 unspecified atom stereocenters. The van der Waals surface area contributed by atoms with Crippen LogP contribution in [0.3, 0.4) is 0 Å². The van der Waals surface area contributed by atoms with Crippen LogP contribution in [-0.4, -0.2) is 17.2 Å². The Morgan fingerprint density at radius 3 is 1.24 bits per heavy atom. The number of hydrogen-bond donors (Lipinski definition) is 0. The molecule has 2 aromatic heterocycles. The van der Waals surface area contributed by atoms with E-state index in [4.69, 9.17) is 0 Å². The molecular weight excluding hydrogens is 933 g/mol. The molecule has 11 aromatic carbocycles. The first-order valence-corrected chi connectivity index (χ1v) is 30.0. The van der Waals surface area contributed by atoms with Crippen LogP contribution < -0.4 is 10.4 Å². The van der Waals surface area contributed by atoms with Gasteiger partial charge in [0.1, 0.15) is 8.07 Å². The summed E-state index contributed by atoms with van der Waals surface area (Å²) in [7, 11) is -2.13. The van der Waals surface area contributed by atoms with Crippen molar-refractivity contribution >= 4 is 62.1 Å². The van der Waals surface area contributed by atoms with E-state index in [0.717, 1.165) is 17.8 Å². The molecular formula is C73H58N2Si. The maximum atomic E-state index is 2.49. The van der Waals surface area contributed by atoms with Gasteiger partial charge < -0.3 is 9.13 Å². The zero-order chi connectivity index (χ0) is 51.1. The lowest BCUT2D eigenvalue weighted by molar-refractivity contribution is 0.646. The van der Waals surface area contributed by atoms with Crippen molar-refractivity contribution in [2.75, 3.05) is 0 Å². The Labute approximate surface area is 446 Å². The third kappa shape index (κ3) is 7.21. The molecule has 0 bridgehead atoms. The molecule has 13 aromatic rings. The molecule has 0 aliphatic heterocycles. The topological polar surface area (TPSA) is 9.86 Å². The quantitative estimate of drug-likeness (QED) is 0.121. The van der Waals surface area contributed by atoms with Gasteiger partial charge in [0.05, 0.1) is 27.5 Å². The number of benzene rings is 11. The molecule has 0 fully saturated rings. The predicted octanol–water partition coefficient (Wildman–Crippen LogP) is 17.6. The number of nitrogens with zero attached hydrogens (tertiary/aromatic N) is 2. The number of aromatic nitrogens is 2. The van der Waals surface area contributed by atoms with E-state index in [1.165, 1.54) is 115 Å². The molecule has 2 nitrogen and oxygen atoms in total. The highest BCUT2D eigenvalue weighted by Gasteiger charge is 2.46. The van der Waals surface area contributed by atoms with Crippen LogP contribution in [0.2, 0.25) is 13.1 Å². The highest BCUT2D eigenvalue weighted by molar-refractivity contribution is 7.00. The zero-order valence-corrected chi connectivity index (χ0v) is 44.5.